The van der Waals surface area contributed by atoms with Gasteiger partial charge in [0.15, 0.2) is 5.95 Å². The van der Waals surface area contributed by atoms with E-state index < -0.39 is 0 Å². The summed E-state index contributed by atoms with van der Waals surface area (Å²) in [6.07, 6.45) is 3.41. The summed E-state index contributed by atoms with van der Waals surface area (Å²) in [6, 6.07) is 5.78. The Kier molecular flexibility index (Phi) is 3.72. The van der Waals surface area contributed by atoms with Crippen LogP contribution >= 0.6 is 0 Å². The Balaban J connectivity index is 2.11. The molecule has 1 aromatic heterocycles. The maximum Gasteiger partial charge on any atom is 0.197 e. The molecule has 0 saturated heterocycles. The fourth-order valence-electron chi connectivity index (χ4n) is 1.85. The number of aromatic nitrogens is 2. The highest BCUT2D eigenvalue weighted by Gasteiger charge is 2.06. The van der Waals surface area contributed by atoms with Gasteiger partial charge >= 0.3 is 0 Å². The molecule has 5 nitrogen and oxygen atoms in total. The van der Waals surface area contributed by atoms with Crippen molar-refractivity contribution in [3.63, 3.8) is 0 Å². The number of methoxy groups -OCH3 is 2. The maximum absolute atomic E-state index is 5.54. The van der Waals surface area contributed by atoms with Gasteiger partial charge in [0.05, 0.1) is 20.4 Å². The summed E-state index contributed by atoms with van der Waals surface area (Å²) in [4.78, 5) is 6.98. The van der Waals surface area contributed by atoms with E-state index in [-0.39, 0.29) is 0 Å². The van der Waals surface area contributed by atoms with E-state index in [1.807, 2.05) is 18.2 Å². The van der Waals surface area contributed by atoms with Crippen LogP contribution in [0.1, 0.15) is 11.3 Å². The third-order valence-corrected chi connectivity index (χ3v) is 2.80. The Labute approximate surface area is 106 Å². The SMILES string of the molecule is COc1ccc(OC)c(CCc2cnc(N)[nH]2)c1. The van der Waals surface area contributed by atoms with Gasteiger partial charge in [-0.3, -0.25) is 0 Å². The number of nitrogens with zero attached hydrogens (tertiary/aromatic N) is 1. The van der Waals surface area contributed by atoms with Gasteiger partial charge in [-0.25, -0.2) is 4.98 Å². The second kappa shape index (κ2) is 5.44. The predicted molar refractivity (Wildman–Crippen MR) is 70.0 cm³/mol. The van der Waals surface area contributed by atoms with E-state index in [9.17, 15) is 0 Å². The number of anilines is 1. The molecule has 0 aliphatic rings. The van der Waals surface area contributed by atoms with Crippen molar-refractivity contribution in [1.29, 1.82) is 0 Å². The number of hydrogen-bond donors (Lipinski definition) is 2. The van der Waals surface area contributed by atoms with E-state index >= 15 is 0 Å². The van der Waals surface area contributed by atoms with Crippen molar-refractivity contribution in [2.45, 2.75) is 12.8 Å². The molecule has 96 valence electrons. The number of ether oxygens (including phenoxy) is 2. The minimum absolute atomic E-state index is 0.447. The second-order valence-corrected chi connectivity index (χ2v) is 3.97. The zero-order valence-corrected chi connectivity index (χ0v) is 10.6. The van der Waals surface area contributed by atoms with Gasteiger partial charge in [0.1, 0.15) is 11.5 Å². The van der Waals surface area contributed by atoms with Crippen molar-refractivity contribution in [3.8, 4) is 11.5 Å². The van der Waals surface area contributed by atoms with Crippen LogP contribution in [0.15, 0.2) is 24.4 Å². The van der Waals surface area contributed by atoms with Gasteiger partial charge in [-0.2, -0.15) is 0 Å². The summed E-state index contributed by atoms with van der Waals surface area (Å²) < 4.78 is 10.5. The second-order valence-electron chi connectivity index (χ2n) is 3.97. The van der Waals surface area contributed by atoms with Crippen molar-refractivity contribution in [2.24, 2.45) is 0 Å². The molecule has 2 aromatic rings. The zero-order chi connectivity index (χ0) is 13.0. The summed E-state index contributed by atoms with van der Waals surface area (Å²) in [5.41, 5.74) is 7.65. The number of hydrogen-bond acceptors (Lipinski definition) is 4. The lowest BCUT2D eigenvalue weighted by molar-refractivity contribution is 0.398. The Hall–Kier alpha value is -2.17. The predicted octanol–water partition coefficient (Wildman–Crippen LogP) is 1.79. The molecule has 0 aliphatic heterocycles. The highest BCUT2D eigenvalue weighted by molar-refractivity contribution is 5.40. The number of nitrogens with two attached hydrogens (primary N) is 1. The van der Waals surface area contributed by atoms with Crippen LogP contribution < -0.4 is 15.2 Å². The Morgan fingerprint density at radius 1 is 1.22 bits per heavy atom. The lowest BCUT2D eigenvalue weighted by Crippen LogP contribution is -1.97. The first-order valence-electron chi connectivity index (χ1n) is 5.73. The summed E-state index contributed by atoms with van der Waals surface area (Å²) >= 11 is 0. The van der Waals surface area contributed by atoms with E-state index in [2.05, 4.69) is 9.97 Å². The molecule has 0 spiro atoms. The molecule has 1 aromatic carbocycles. The molecule has 0 radical (unpaired) electrons. The van der Waals surface area contributed by atoms with Crippen molar-refractivity contribution in [1.82, 2.24) is 9.97 Å². The maximum atomic E-state index is 5.54. The van der Waals surface area contributed by atoms with Gasteiger partial charge in [-0.05, 0) is 36.6 Å². The van der Waals surface area contributed by atoms with E-state index in [4.69, 9.17) is 15.2 Å². The third-order valence-electron chi connectivity index (χ3n) is 2.80. The van der Waals surface area contributed by atoms with Crippen LogP contribution in [-0.4, -0.2) is 24.2 Å². The molecule has 3 N–H and O–H groups in total. The van der Waals surface area contributed by atoms with Gasteiger partial charge < -0.3 is 20.2 Å². The number of benzene rings is 1. The number of nitrogen functional groups attached to an aromatic ring is 1. The van der Waals surface area contributed by atoms with Crippen LogP contribution in [0.2, 0.25) is 0 Å². The Bertz CT molecular complexity index is 523. The standard InChI is InChI=1S/C13H17N3O2/c1-17-11-5-6-12(18-2)9(7-11)3-4-10-8-15-13(14)16-10/h5-8H,3-4H2,1-2H3,(H3,14,15,16). The molecular formula is C13H17N3O2. The smallest absolute Gasteiger partial charge is 0.197 e. The van der Waals surface area contributed by atoms with E-state index in [1.165, 1.54) is 0 Å². The van der Waals surface area contributed by atoms with Crippen LogP contribution in [0.3, 0.4) is 0 Å². The monoisotopic (exact) mass is 247 g/mol. The van der Waals surface area contributed by atoms with Crippen molar-refractivity contribution >= 4 is 5.95 Å². The number of aryl methyl sites for hydroxylation is 2. The summed E-state index contributed by atoms with van der Waals surface area (Å²) in [6.45, 7) is 0. The topological polar surface area (TPSA) is 73.2 Å². The number of rotatable bonds is 5. The first-order valence-corrected chi connectivity index (χ1v) is 5.73. The lowest BCUT2D eigenvalue weighted by atomic mass is 10.1. The Morgan fingerprint density at radius 2 is 2.06 bits per heavy atom. The average Bonchev–Trinajstić information content (AvgIpc) is 2.81. The third kappa shape index (κ3) is 2.74. The zero-order valence-electron chi connectivity index (χ0n) is 10.6. The molecule has 0 unspecified atom stereocenters. The minimum atomic E-state index is 0.447. The fourth-order valence-corrected chi connectivity index (χ4v) is 1.85. The van der Waals surface area contributed by atoms with Gasteiger partial charge in [-0.1, -0.05) is 0 Å². The Morgan fingerprint density at radius 3 is 2.67 bits per heavy atom. The van der Waals surface area contributed by atoms with Crippen LogP contribution in [0, 0.1) is 0 Å². The average molecular weight is 247 g/mol. The first kappa shape index (κ1) is 12.3. The van der Waals surface area contributed by atoms with Crippen LogP contribution in [0.5, 0.6) is 11.5 Å². The van der Waals surface area contributed by atoms with Gasteiger partial charge in [0.2, 0.25) is 0 Å². The molecule has 0 fully saturated rings. The highest BCUT2D eigenvalue weighted by Crippen LogP contribution is 2.25. The molecular weight excluding hydrogens is 230 g/mol. The number of nitrogens with one attached hydrogen (secondary N) is 1. The quantitative estimate of drug-likeness (QED) is 0.845. The lowest BCUT2D eigenvalue weighted by Gasteiger charge is -2.09. The van der Waals surface area contributed by atoms with Crippen LogP contribution in [0.4, 0.5) is 5.95 Å². The molecule has 0 bridgehead atoms. The van der Waals surface area contributed by atoms with E-state index in [1.54, 1.807) is 20.4 Å². The number of imidazole rings is 1. The molecule has 0 saturated carbocycles. The summed E-state index contributed by atoms with van der Waals surface area (Å²) in [5, 5.41) is 0. The van der Waals surface area contributed by atoms with Crippen LogP contribution in [0.25, 0.3) is 0 Å². The highest BCUT2D eigenvalue weighted by atomic mass is 16.5. The minimum Gasteiger partial charge on any atom is -0.497 e. The molecule has 0 aliphatic carbocycles. The molecule has 1 heterocycles. The normalized spacial score (nSPS) is 10.3. The van der Waals surface area contributed by atoms with Gasteiger partial charge in [0, 0.05) is 5.69 Å². The first-order chi connectivity index (χ1) is 8.72. The van der Waals surface area contributed by atoms with E-state index in [0.717, 1.165) is 35.6 Å². The van der Waals surface area contributed by atoms with Gasteiger partial charge in [0.25, 0.3) is 0 Å². The molecule has 5 heteroatoms. The number of H-pyrrole nitrogens is 1. The van der Waals surface area contributed by atoms with E-state index in [0.29, 0.717) is 5.95 Å². The molecule has 18 heavy (non-hydrogen) atoms. The molecule has 0 amide bonds. The van der Waals surface area contributed by atoms with Crippen LogP contribution in [-0.2, 0) is 12.8 Å². The summed E-state index contributed by atoms with van der Waals surface area (Å²) in [7, 11) is 3.32. The van der Waals surface area contributed by atoms with Gasteiger partial charge in [-0.15, -0.1) is 0 Å². The van der Waals surface area contributed by atoms with Crippen molar-refractivity contribution in [2.75, 3.05) is 20.0 Å². The fraction of sp³-hybridized carbons (Fsp3) is 0.308. The largest absolute Gasteiger partial charge is 0.497 e. The van der Waals surface area contributed by atoms with Crippen molar-refractivity contribution < 1.29 is 9.47 Å². The summed E-state index contributed by atoms with van der Waals surface area (Å²) in [5.74, 6) is 2.14. The molecule has 2 rings (SSSR count). The molecule has 0 atom stereocenters. The number of aromatic amines is 1. The van der Waals surface area contributed by atoms with Crippen molar-refractivity contribution in [3.05, 3.63) is 35.7 Å².